The minimum atomic E-state index is -4.00. The monoisotopic (exact) mass is 554 g/mol. The van der Waals surface area contributed by atoms with Gasteiger partial charge in [0.2, 0.25) is 5.91 Å². The van der Waals surface area contributed by atoms with Crippen molar-refractivity contribution in [3.05, 3.63) is 28.1 Å². The molecule has 1 N–H and O–H groups in total. The molecule has 0 aromatic carbocycles. The molecule has 3 heterocycles. The van der Waals surface area contributed by atoms with Crippen LogP contribution in [-0.4, -0.2) is 79.6 Å². The van der Waals surface area contributed by atoms with Gasteiger partial charge in [-0.15, -0.1) is 22.7 Å². The molecule has 1 aliphatic heterocycles. The van der Waals surface area contributed by atoms with Gasteiger partial charge in [0, 0.05) is 37.1 Å². The molecule has 2 aromatic heterocycles. The third-order valence-electron chi connectivity index (χ3n) is 6.65. The molecule has 36 heavy (non-hydrogen) atoms. The summed E-state index contributed by atoms with van der Waals surface area (Å²) in [4.78, 5) is 44.6. The molecule has 196 valence electrons. The molecule has 10 nitrogen and oxygen atoms in total. The van der Waals surface area contributed by atoms with Crippen molar-refractivity contribution in [3.63, 3.8) is 0 Å². The lowest BCUT2D eigenvalue weighted by Gasteiger charge is -2.39. The number of aryl methyl sites for hydroxylation is 1. The number of carbonyl (C=O) groups excluding carboxylic acids is 3. The number of sulfonamides is 1. The molecular weight excluding hydrogens is 524 g/mol. The quantitative estimate of drug-likeness (QED) is 0.469. The number of hydrogen-bond acceptors (Lipinski definition) is 10. The van der Waals surface area contributed by atoms with Crippen LogP contribution in [-0.2, 0) is 24.3 Å². The number of nitrogens with zero attached hydrogens (tertiary/aromatic N) is 3. The van der Waals surface area contributed by atoms with Crippen molar-refractivity contribution >= 4 is 55.5 Å². The molecule has 1 atom stereocenters. The largest absolute Gasteiger partial charge is 0.465 e. The number of carbonyl (C=O) groups is 3. The molecular formula is C23H30N4O6S3. The van der Waals surface area contributed by atoms with E-state index in [0.717, 1.165) is 47.7 Å². The fraction of sp³-hybridized carbons (Fsp3) is 0.565. The average Bonchev–Trinajstić information content (AvgIpc) is 3.54. The second kappa shape index (κ2) is 11.4. The molecule has 1 unspecified atom stereocenters. The van der Waals surface area contributed by atoms with Crippen LogP contribution in [0.4, 0.5) is 5.13 Å². The van der Waals surface area contributed by atoms with Gasteiger partial charge in [-0.05, 0) is 31.4 Å². The number of hydrogen-bond donors (Lipinski definition) is 1. The van der Waals surface area contributed by atoms with Crippen molar-refractivity contribution in [2.45, 2.75) is 49.3 Å². The molecule has 0 radical (unpaired) electrons. The summed E-state index contributed by atoms with van der Waals surface area (Å²) >= 11 is 2.24. The number of amides is 1. The lowest BCUT2D eigenvalue weighted by atomic mass is 9.83. The van der Waals surface area contributed by atoms with Crippen molar-refractivity contribution in [1.82, 2.24) is 14.2 Å². The summed E-state index contributed by atoms with van der Waals surface area (Å²) in [7, 11) is -2.76. The fourth-order valence-corrected chi connectivity index (χ4v) is 8.43. The van der Waals surface area contributed by atoms with E-state index in [1.165, 1.54) is 29.4 Å². The first kappa shape index (κ1) is 26.7. The number of ether oxygens (including phenoxy) is 1. The topological polar surface area (TPSA) is 126 Å². The predicted octanol–water partition coefficient (Wildman–Crippen LogP) is 2.76. The second-order valence-corrected chi connectivity index (χ2v) is 13.0. The summed E-state index contributed by atoms with van der Waals surface area (Å²) in [5, 5.41) is 5.67. The number of Topliss-reactive ketones (excluding diaryl/α,β-unsaturated/α-hetero) is 1. The first-order chi connectivity index (χ1) is 17.2. The summed E-state index contributed by atoms with van der Waals surface area (Å²) < 4.78 is 32.5. The zero-order valence-electron chi connectivity index (χ0n) is 20.3. The molecule has 1 saturated carbocycles. The highest BCUT2D eigenvalue weighted by atomic mass is 32.2. The van der Waals surface area contributed by atoms with Gasteiger partial charge in [-0.3, -0.25) is 9.59 Å². The summed E-state index contributed by atoms with van der Waals surface area (Å²) in [6.07, 6.45) is 6.40. The third-order valence-corrected chi connectivity index (χ3v) is 11.1. The highest BCUT2D eigenvalue weighted by Crippen LogP contribution is 2.31. The van der Waals surface area contributed by atoms with E-state index in [1.807, 2.05) is 5.38 Å². The van der Waals surface area contributed by atoms with Crippen molar-refractivity contribution < 1.29 is 27.5 Å². The van der Waals surface area contributed by atoms with Crippen molar-refractivity contribution in [3.8, 4) is 0 Å². The molecule has 4 rings (SSSR count). The summed E-state index contributed by atoms with van der Waals surface area (Å²) in [6.45, 7) is 1.64. The van der Waals surface area contributed by atoms with Gasteiger partial charge < -0.3 is 15.0 Å². The minimum Gasteiger partial charge on any atom is -0.465 e. The van der Waals surface area contributed by atoms with Crippen LogP contribution in [0, 0.1) is 12.8 Å². The van der Waals surface area contributed by atoms with Crippen LogP contribution in [0.2, 0.25) is 0 Å². The summed E-state index contributed by atoms with van der Waals surface area (Å²) in [5.74, 6) is -1.09. The fourth-order valence-electron chi connectivity index (χ4n) is 4.76. The van der Waals surface area contributed by atoms with Crippen LogP contribution in [0.25, 0.3) is 0 Å². The number of methoxy groups -OCH3 is 1. The molecule has 0 spiro atoms. The zero-order valence-corrected chi connectivity index (χ0v) is 22.7. The number of thiazole rings is 1. The van der Waals surface area contributed by atoms with Crippen LogP contribution in [0.1, 0.15) is 47.3 Å². The Bertz CT molecular complexity index is 1200. The lowest BCUT2D eigenvalue weighted by molar-refractivity contribution is -0.143. The van der Waals surface area contributed by atoms with E-state index in [9.17, 15) is 22.8 Å². The van der Waals surface area contributed by atoms with Gasteiger partial charge in [0.15, 0.2) is 10.9 Å². The number of ketones is 1. The van der Waals surface area contributed by atoms with Crippen LogP contribution in [0.15, 0.2) is 21.9 Å². The minimum absolute atomic E-state index is 0.0180. The second-order valence-electron chi connectivity index (χ2n) is 8.97. The number of piperazine rings is 1. The van der Waals surface area contributed by atoms with Gasteiger partial charge in [-0.1, -0.05) is 19.3 Å². The predicted molar refractivity (Wildman–Crippen MR) is 137 cm³/mol. The van der Waals surface area contributed by atoms with Crippen molar-refractivity contribution in [1.29, 1.82) is 0 Å². The number of esters is 1. The number of thiophene rings is 1. The van der Waals surface area contributed by atoms with Crippen LogP contribution >= 0.6 is 22.7 Å². The van der Waals surface area contributed by atoms with Gasteiger partial charge in [0.25, 0.3) is 10.0 Å². The maximum absolute atomic E-state index is 13.5. The van der Waals surface area contributed by atoms with E-state index < -0.39 is 27.9 Å². The Morgan fingerprint density at radius 2 is 2.00 bits per heavy atom. The Kier molecular flexibility index (Phi) is 8.43. The van der Waals surface area contributed by atoms with Crippen molar-refractivity contribution in [2.24, 2.45) is 5.92 Å². The standard InChI is InChI=1S/C23H30N4O6S3/c1-15-12-18(21(30)33-2)35-22(15)36(31,32)26-9-10-27(19(28)14-26)17(13-25-23-24-8-11-34-23)20(29)16-6-4-3-5-7-16/h8,11-12,16-17H,3-7,9-10,13-14H2,1-2H3,(H,24,25). The van der Waals surface area contributed by atoms with E-state index in [0.29, 0.717) is 10.7 Å². The first-order valence-corrected chi connectivity index (χ1v) is 15.0. The van der Waals surface area contributed by atoms with E-state index >= 15 is 0 Å². The van der Waals surface area contributed by atoms with Gasteiger partial charge in [0.1, 0.15) is 15.1 Å². The normalized spacial score (nSPS) is 18.7. The third kappa shape index (κ3) is 5.63. The van der Waals surface area contributed by atoms with Gasteiger partial charge in [-0.25, -0.2) is 18.2 Å². The molecule has 2 aliphatic rings. The molecule has 1 saturated heterocycles. The van der Waals surface area contributed by atoms with E-state index in [2.05, 4.69) is 10.3 Å². The highest BCUT2D eigenvalue weighted by Gasteiger charge is 2.40. The number of rotatable bonds is 9. The number of anilines is 1. The van der Waals surface area contributed by atoms with Crippen molar-refractivity contribution in [2.75, 3.05) is 38.6 Å². The Morgan fingerprint density at radius 3 is 2.64 bits per heavy atom. The zero-order chi connectivity index (χ0) is 25.9. The molecule has 13 heteroatoms. The van der Waals surface area contributed by atoms with E-state index in [1.54, 1.807) is 13.1 Å². The number of nitrogens with one attached hydrogen (secondary N) is 1. The van der Waals surface area contributed by atoms with Crippen LogP contribution in [0.3, 0.4) is 0 Å². The molecule has 0 bridgehead atoms. The Hall–Kier alpha value is -2.35. The molecule has 2 fully saturated rings. The molecule has 1 aliphatic carbocycles. The SMILES string of the molecule is COC(=O)c1cc(C)c(S(=O)(=O)N2CCN(C(CNc3nccs3)C(=O)C3CCCCC3)C(=O)C2)s1. The van der Waals surface area contributed by atoms with E-state index in [4.69, 9.17) is 4.74 Å². The Balaban J connectivity index is 1.51. The maximum atomic E-state index is 13.5. The van der Waals surface area contributed by atoms with Crippen LogP contribution in [0.5, 0.6) is 0 Å². The summed E-state index contributed by atoms with van der Waals surface area (Å²) in [5.41, 5.74) is 0.424. The van der Waals surface area contributed by atoms with Gasteiger partial charge in [0.05, 0.1) is 13.7 Å². The number of aromatic nitrogens is 1. The summed E-state index contributed by atoms with van der Waals surface area (Å²) in [6, 6.07) is 0.786. The van der Waals surface area contributed by atoms with Crippen LogP contribution < -0.4 is 5.32 Å². The highest BCUT2D eigenvalue weighted by molar-refractivity contribution is 7.91. The Morgan fingerprint density at radius 1 is 1.25 bits per heavy atom. The lowest BCUT2D eigenvalue weighted by Crippen LogP contribution is -2.59. The maximum Gasteiger partial charge on any atom is 0.348 e. The molecule has 2 aromatic rings. The van der Waals surface area contributed by atoms with Gasteiger partial charge in [-0.2, -0.15) is 4.31 Å². The first-order valence-electron chi connectivity index (χ1n) is 11.9. The Labute approximate surface area is 218 Å². The van der Waals surface area contributed by atoms with Gasteiger partial charge >= 0.3 is 5.97 Å². The average molecular weight is 555 g/mol. The molecule has 1 amide bonds. The smallest absolute Gasteiger partial charge is 0.348 e. The van der Waals surface area contributed by atoms with E-state index in [-0.39, 0.29) is 47.0 Å².